The van der Waals surface area contributed by atoms with Crippen LogP contribution in [0.15, 0.2) is 12.1 Å². The molecule has 0 unspecified atom stereocenters. The number of rotatable bonds is 5. The van der Waals surface area contributed by atoms with E-state index in [0.717, 1.165) is 41.1 Å². The summed E-state index contributed by atoms with van der Waals surface area (Å²) in [6, 6.07) is 4.00. The van der Waals surface area contributed by atoms with Gasteiger partial charge in [0.15, 0.2) is 0 Å². The first kappa shape index (κ1) is 12.5. The van der Waals surface area contributed by atoms with E-state index in [0.29, 0.717) is 0 Å². The van der Waals surface area contributed by atoms with E-state index in [1.807, 2.05) is 37.7 Å². The monoisotopic (exact) mass is 220 g/mol. The van der Waals surface area contributed by atoms with Crippen LogP contribution >= 0.6 is 11.8 Å². The molecule has 0 aliphatic rings. The minimum atomic E-state index is 0.781. The molecular weight excluding hydrogens is 203 g/mol. The Bertz CT molecular complexity index is 302. The molecule has 0 amide bonds. The lowest BCUT2D eigenvalue weighted by atomic mass is 9.87. The van der Waals surface area contributed by atoms with Crippen molar-refractivity contribution in [3.05, 3.63) is 23.3 Å². The van der Waals surface area contributed by atoms with Gasteiger partial charge < -0.3 is 4.74 Å². The normalized spacial score (nSPS) is 10.3. The van der Waals surface area contributed by atoms with Crippen molar-refractivity contribution >= 4 is 25.1 Å². The molecule has 0 aromatic heterocycles. The topological polar surface area (TPSA) is 9.23 Å². The van der Waals surface area contributed by atoms with Crippen molar-refractivity contribution in [1.82, 2.24) is 0 Å². The predicted octanol–water partition coefficient (Wildman–Crippen LogP) is 2.23. The predicted molar refractivity (Wildman–Crippen MR) is 69.8 cm³/mol. The smallest absolute Gasteiger partial charge is 0.119 e. The van der Waals surface area contributed by atoms with Crippen LogP contribution in [-0.4, -0.2) is 26.5 Å². The van der Waals surface area contributed by atoms with Crippen molar-refractivity contribution in [3.63, 3.8) is 0 Å². The van der Waals surface area contributed by atoms with Gasteiger partial charge in [-0.25, -0.2) is 0 Å². The summed E-state index contributed by atoms with van der Waals surface area (Å²) in [6.45, 7) is 4.80. The summed E-state index contributed by atoms with van der Waals surface area (Å²) in [5.74, 6) is 2.08. The maximum atomic E-state index is 5.87. The van der Waals surface area contributed by atoms with Crippen LogP contribution in [0, 0.1) is 13.8 Å². The summed E-state index contributed by atoms with van der Waals surface area (Å²) in [5.41, 5.74) is 3.05. The van der Waals surface area contributed by atoms with Crippen LogP contribution in [0.2, 0.25) is 0 Å². The van der Waals surface area contributed by atoms with E-state index in [4.69, 9.17) is 12.6 Å². The minimum Gasteiger partial charge on any atom is -0.494 e. The zero-order valence-corrected chi connectivity index (χ0v) is 10.5. The van der Waals surface area contributed by atoms with Crippen LogP contribution in [-0.2, 0) is 0 Å². The van der Waals surface area contributed by atoms with Crippen molar-refractivity contribution in [2.24, 2.45) is 0 Å². The van der Waals surface area contributed by atoms with Gasteiger partial charge in [-0.2, -0.15) is 11.8 Å². The van der Waals surface area contributed by atoms with Gasteiger partial charge in [-0.15, -0.1) is 0 Å². The first-order chi connectivity index (χ1) is 7.15. The SMILES string of the molecule is [B]c1c(C)cc(OCCCSC)cc1C. The molecule has 15 heavy (non-hydrogen) atoms. The second-order valence-electron chi connectivity index (χ2n) is 3.67. The third kappa shape index (κ3) is 3.82. The van der Waals surface area contributed by atoms with Gasteiger partial charge in [0.1, 0.15) is 13.6 Å². The van der Waals surface area contributed by atoms with Gasteiger partial charge in [-0.3, -0.25) is 0 Å². The van der Waals surface area contributed by atoms with E-state index in [2.05, 4.69) is 6.26 Å². The molecule has 0 spiro atoms. The molecule has 1 aromatic carbocycles. The van der Waals surface area contributed by atoms with Gasteiger partial charge in [0.2, 0.25) is 0 Å². The van der Waals surface area contributed by atoms with Crippen molar-refractivity contribution in [3.8, 4) is 5.75 Å². The number of ether oxygens (including phenoxy) is 1. The molecule has 1 rings (SSSR count). The Labute approximate surface area is 98.0 Å². The quantitative estimate of drug-likeness (QED) is 0.555. The Morgan fingerprint density at radius 1 is 1.27 bits per heavy atom. The van der Waals surface area contributed by atoms with Crippen LogP contribution in [0.4, 0.5) is 0 Å². The lowest BCUT2D eigenvalue weighted by molar-refractivity contribution is 0.318. The maximum absolute atomic E-state index is 5.87. The molecule has 0 N–H and O–H groups in total. The number of thioether (sulfide) groups is 1. The highest BCUT2D eigenvalue weighted by Crippen LogP contribution is 2.14. The van der Waals surface area contributed by atoms with Gasteiger partial charge in [-0.05, 0) is 44.4 Å². The van der Waals surface area contributed by atoms with E-state index in [1.54, 1.807) is 0 Å². The van der Waals surface area contributed by atoms with Crippen molar-refractivity contribution in [1.29, 1.82) is 0 Å². The highest BCUT2D eigenvalue weighted by atomic mass is 32.2. The fourth-order valence-electron chi connectivity index (χ4n) is 1.41. The van der Waals surface area contributed by atoms with Gasteiger partial charge in [0, 0.05) is 0 Å². The molecule has 0 heterocycles. The summed E-state index contributed by atoms with van der Waals surface area (Å²) < 4.78 is 5.66. The maximum Gasteiger partial charge on any atom is 0.119 e. The van der Waals surface area contributed by atoms with Crippen LogP contribution in [0.5, 0.6) is 5.75 Å². The van der Waals surface area contributed by atoms with E-state index in [1.165, 1.54) is 0 Å². The van der Waals surface area contributed by atoms with Gasteiger partial charge >= 0.3 is 0 Å². The molecule has 0 fully saturated rings. The summed E-state index contributed by atoms with van der Waals surface area (Å²) in [6.07, 6.45) is 3.20. The first-order valence-electron chi connectivity index (χ1n) is 5.13. The fourth-order valence-corrected chi connectivity index (χ4v) is 1.82. The molecule has 0 aliphatic carbocycles. The highest BCUT2D eigenvalue weighted by molar-refractivity contribution is 7.98. The zero-order chi connectivity index (χ0) is 11.3. The molecule has 80 valence electrons. The highest BCUT2D eigenvalue weighted by Gasteiger charge is 2.00. The average Bonchev–Trinajstić information content (AvgIpc) is 2.21. The molecule has 0 atom stereocenters. The third-order valence-corrected chi connectivity index (χ3v) is 3.03. The van der Waals surface area contributed by atoms with Gasteiger partial charge in [0.05, 0.1) is 6.61 Å². The number of benzene rings is 1. The fraction of sp³-hybridized carbons (Fsp3) is 0.500. The molecule has 0 bridgehead atoms. The van der Waals surface area contributed by atoms with Gasteiger partial charge in [0.25, 0.3) is 0 Å². The first-order valence-corrected chi connectivity index (χ1v) is 6.53. The molecule has 3 heteroatoms. The second kappa shape index (κ2) is 6.11. The Balaban J connectivity index is 2.55. The van der Waals surface area contributed by atoms with E-state index >= 15 is 0 Å². The molecular formula is C12H17BOS. The Morgan fingerprint density at radius 2 is 1.87 bits per heavy atom. The summed E-state index contributed by atoms with van der Waals surface area (Å²) >= 11 is 1.85. The standard InChI is InChI=1S/C12H17BOS/c1-9-7-11(8-10(2)12(9)13)14-5-4-6-15-3/h7-8H,4-6H2,1-3H3. The molecule has 0 aliphatic heterocycles. The Hall–Kier alpha value is -0.565. The Morgan fingerprint density at radius 3 is 2.40 bits per heavy atom. The molecule has 1 nitrogen and oxygen atoms in total. The van der Waals surface area contributed by atoms with Crippen LogP contribution in [0.1, 0.15) is 17.5 Å². The lowest BCUT2D eigenvalue weighted by Gasteiger charge is -2.10. The number of hydrogen-bond acceptors (Lipinski definition) is 2. The van der Waals surface area contributed by atoms with E-state index in [9.17, 15) is 0 Å². The van der Waals surface area contributed by atoms with Crippen LogP contribution in [0.25, 0.3) is 0 Å². The van der Waals surface area contributed by atoms with Crippen molar-refractivity contribution in [2.45, 2.75) is 20.3 Å². The zero-order valence-electron chi connectivity index (χ0n) is 9.67. The lowest BCUT2D eigenvalue weighted by Crippen LogP contribution is -2.12. The molecule has 2 radical (unpaired) electrons. The minimum absolute atomic E-state index is 0.781. The molecule has 0 saturated heterocycles. The summed E-state index contributed by atoms with van der Waals surface area (Å²) in [5, 5.41) is 0. The molecule has 1 aromatic rings. The summed E-state index contributed by atoms with van der Waals surface area (Å²) in [4.78, 5) is 0. The second-order valence-corrected chi connectivity index (χ2v) is 4.65. The van der Waals surface area contributed by atoms with Crippen molar-refractivity contribution in [2.75, 3.05) is 18.6 Å². The van der Waals surface area contributed by atoms with Crippen molar-refractivity contribution < 1.29 is 4.74 Å². The number of hydrogen-bond donors (Lipinski definition) is 0. The van der Waals surface area contributed by atoms with E-state index < -0.39 is 0 Å². The van der Waals surface area contributed by atoms with Crippen LogP contribution in [0.3, 0.4) is 0 Å². The van der Waals surface area contributed by atoms with E-state index in [-0.39, 0.29) is 0 Å². The number of aryl methyl sites for hydroxylation is 2. The largest absolute Gasteiger partial charge is 0.494 e. The molecule has 0 saturated carbocycles. The van der Waals surface area contributed by atoms with Crippen LogP contribution < -0.4 is 10.2 Å². The average molecular weight is 220 g/mol. The van der Waals surface area contributed by atoms with Gasteiger partial charge in [-0.1, -0.05) is 16.6 Å². The third-order valence-electron chi connectivity index (χ3n) is 2.33. The Kier molecular flexibility index (Phi) is 5.10. The summed E-state index contributed by atoms with van der Waals surface area (Å²) in [7, 11) is 5.87.